The molecule has 3 aromatic rings. The van der Waals surface area contributed by atoms with Crippen LogP contribution in [0.3, 0.4) is 0 Å². The van der Waals surface area contributed by atoms with Gasteiger partial charge >= 0.3 is 0 Å². The van der Waals surface area contributed by atoms with E-state index in [1.54, 1.807) is 12.3 Å². The van der Waals surface area contributed by atoms with Crippen LogP contribution in [0.5, 0.6) is 0 Å². The Morgan fingerprint density at radius 1 is 1.18 bits per heavy atom. The van der Waals surface area contributed by atoms with Crippen molar-refractivity contribution in [3.05, 3.63) is 59.1 Å². The molecule has 0 atom stereocenters. The van der Waals surface area contributed by atoms with Crippen LogP contribution in [0.2, 0.25) is 0 Å². The Labute approximate surface area is 131 Å². The third-order valence-corrected chi connectivity index (χ3v) is 4.14. The molecule has 0 aromatic carbocycles. The lowest BCUT2D eigenvalue weighted by molar-refractivity contribution is 0.100. The number of rotatable bonds is 4. The van der Waals surface area contributed by atoms with E-state index >= 15 is 0 Å². The lowest BCUT2D eigenvalue weighted by Crippen LogP contribution is -2.07. The van der Waals surface area contributed by atoms with Gasteiger partial charge in [-0.15, -0.1) is 11.3 Å². The summed E-state index contributed by atoms with van der Waals surface area (Å²) in [6, 6.07) is 13.1. The van der Waals surface area contributed by atoms with Crippen LogP contribution >= 0.6 is 11.3 Å². The number of nitrogens with zero attached hydrogens (tertiary/aromatic N) is 2. The molecule has 110 valence electrons. The predicted octanol–water partition coefficient (Wildman–Crippen LogP) is 3.36. The first-order valence-electron chi connectivity index (χ1n) is 6.68. The molecule has 0 aliphatic rings. The van der Waals surface area contributed by atoms with Crippen LogP contribution in [0.15, 0.2) is 48.7 Å². The minimum Gasteiger partial charge on any atom is -0.365 e. The van der Waals surface area contributed by atoms with Gasteiger partial charge in [0.15, 0.2) is 0 Å². The zero-order valence-corrected chi connectivity index (χ0v) is 12.7. The highest BCUT2D eigenvalue weighted by atomic mass is 32.1. The Hall–Kier alpha value is -2.73. The zero-order chi connectivity index (χ0) is 15.5. The van der Waals surface area contributed by atoms with Crippen LogP contribution in [-0.2, 0) is 0 Å². The first kappa shape index (κ1) is 14.2. The highest BCUT2D eigenvalue weighted by molar-refractivity contribution is 7.17. The molecule has 3 aromatic heterocycles. The van der Waals surface area contributed by atoms with E-state index in [2.05, 4.69) is 15.3 Å². The second-order valence-electron chi connectivity index (χ2n) is 4.78. The molecule has 0 bridgehead atoms. The van der Waals surface area contributed by atoms with Crippen LogP contribution in [-0.4, -0.2) is 15.9 Å². The van der Waals surface area contributed by atoms with Crippen molar-refractivity contribution in [3.8, 4) is 10.6 Å². The molecule has 0 aliphatic carbocycles. The van der Waals surface area contributed by atoms with E-state index in [9.17, 15) is 4.79 Å². The normalized spacial score (nSPS) is 10.4. The number of carbonyl (C=O) groups is 1. The van der Waals surface area contributed by atoms with E-state index in [1.807, 2.05) is 43.3 Å². The minimum absolute atomic E-state index is 0.422. The summed E-state index contributed by atoms with van der Waals surface area (Å²) in [5.74, 6) is 1.02. The molecule has 1 amide bonds. The van der Waals surface area contributed by atoms with Gasteiger partial charge in [-0.05, 0) is 48.9 Å². The number of hydrogen-bond acceptors (Lipinski definition) is 5. The number of amides is 1. The number of aryl methyl sites for hydroxylation is 1. The van der Waals surface area contributed by atoms with Gasteiger partial charge in [0, 0.05) is 6.20 Å². The molecule has 0 unspecified atom stereocenters. The molecule has 0 radical (unpaired) electrons. The van der Waals surface area contributed by atoms with E-state index in [4.69, 9.17) is 5.73 Å². The highest BCUT2D eigenvalue weighted by Gasteiger charge is 2.08. The van der Waals surface area contributed by atoms with Gasteiger partial charge in [-0.1, -0.05) is 6.07 Å². The molecule has 0 aliphatic heterocycles. The number of anilines is 2. The van der Waals surface area contributed by atoms with Crippen molar-refractivity contribution < 1.29 is 4.79 Å². The van der Waals surface area contributed by atoms with E-state index in [0.717, 1.165) is 22.0 Å². The number of pyridine rings is 2. The molecular weight excluding hydrogens is 296 g/mol. The summed E-state index contributed by atoms with van der Waals surface area (Å²) in [4.78, 5) is 21.4. The quantitative estimate of drug-likeness (QED) is 0.774. The topological polar surface area (TPSA) is 80.9 Å². The van der Waals surface area contributed by atoms with Crippen molar-refractivity contribution in [3.63, 3.8) is 0 Å². The third kappa shape index (κ3) is 3.12. The maximum Gasteiger partial charge on any atom is 0.258 e. The fourth-order valence-electron chi connectivity index (χ4n) is 1.99. The molecule has 0 saturated carbocycles. The van der Waals surface area contributed by atoms with Gasteiger partial charge in [0.2, 0.25) is 0 Å². The fraction of sp³-hybridized carbons (Fsp3) is 0.0625. The van der Waals surface area contributed by atoms with Crippen molar-refractivity contribution in [1.29, 1.82) is 0 Å². The van der Waals surface area contributed by atoms with Gasteiger partial charge in [-0.25, -0.2) is 9.97 Å². The Morgan fingerprint density at radius 3 is 2.77 bits per heavy atom. The second kappa shape index (κ2) is 5.95. The van der Waals surface area contributed by atoms with Crippen molar-refractivity contribution in [2.45, 2.75) is 6.92 Å². The van der Waals surface area contributed by atoms with Crippen molar-refractivity contribution >= 4 is 28.9 Å². The summed E-state index contributed by atoms with van der Waals surface area (Å²) in [6.45, 7) is 2.01. The van der Waals surface area contributed by atoms with E-state index in [0.29, 0.717) is 10.7 Å². The SMILES string of the molecule is Cc1ccnc(Nc2cccc(-c3ccc(C(N)=O)s3)n2)c1. The first-order valence-corrected chi connectivity index (χ1v) is 7.50. The lowest BCUT2D eigenvalue weighted by Gasteiger charge is -2.06. The standard InChI is InChI=1S/C16H14N4OS/c1-10-7-8-18-15(9-10)20-14-4-2-3-11(19-14)12-5-6-13(22-12)16(17)21/h2-9H,1H3,(H2,17,21)(H,18,19,20). The first-order chi connectivity index (χ1) is 10.6. The van der Waals surface area contributed by atoms with E-state index in [1.165, 1.54) is 11.3 Å². The number of aromatic nitrogens is 2. The molecule has 3 rings (SSSR count). The third-order valence-electron chi connectivity index (χ3n) is 3.02. The highest BCUT2D eigenvalue weighted by Crippen LogP contribution is 2.27. The number of hydrogen-bond donors (Lipinski definition) is 2. The summed E-state index contributed by atoms with van der Waals surface area (Å²) < 4.78 is 0. The number of thiophene rings is 1. The van der Waals surface area contributed by atoms with Crippen LogP contribution in [0.4, 0.5) is 11.6 Å². The molecule has 5 nitrogen and oxygen atoms in total. The van der Waals surface area contributed by atoms with Crippen LogP contribution in [0.25, 0.3) is 10.6 Å². The molecule has 0 saturated heterocycles. The lowest BCUT2D eigenvalue weighted by atomic mass is 10.3. The van der Waals surface area contributed by atoms with Gasteiger partial charge < -0.3 is 11.1 Å². The Balaban J connectivity index is 1.87. The number of primary amides is 1. The summed E-state index contributed by atoms with van der Waals surface area (Å²) in [5, 5.41) is 3.18. The molecule has 3 N–H and O–H groups in total. The predicted molar refractivity (Wildman–Crippen MR) is 88.3 cm³/mol. The molecule has 0 spiro atoms. The average Bonchev–Trinajstić information content (AvgIpc) is 2.97. The molecule has 0 fully saturated rings. The van der Waals surface area contributed by atoms with Crippen molar-refractivity contribution in [2.75, 3.05) is 5.32 Å². The molecule has 6 heteroatoms. The largest absolute Gasteiger partial charge is 0.365 e. The van der Waals surface area contributed by atoms with Crippen LogP contribution in [0.1, 0.15) is 15.2 Å². The number of nitrogens with two attached hydrogens (primary N) is 1. The Kier molecular flexibility index (Phi) is 3.84. The van der Waals surface area contributed by atoms with E-state index in [-0.39, 0.29) is 0 Å². The second-order valence-corrected chi connectivity index (χ2v) is 5.86. The van der Waals surface area contributed by atoms with Gasteiger partial charge in [0.25, 0.3) is 5.91 Å². The van der Waals surface area contributed by atoms with Crippen molar-refractivity contribution in [2.24, 2.45) is 5.73 Å². The van der Waals surface area contributed by atoms with Crippen molar-refractivity contribution in [1.82, 2.24) is 9.97 Å². The number of carbonyl (C=O) groups excluding carboxylic acids is 1. The summed E-state index contributed by atoms with van der Waals surface area (Å²) in [6.07, 6.45) is 1.75. The van der Waals surface area contributed by atoms with Crippen LogP contribution < -0.4 is 11.1 Å². The average molecular weight is 310 g/mol. The van der Waals surface area contributed by atoms with Gasteiger partial charge in [0.1, 0.15) is 11.6 Å². The number of nitrogens with one attached hydrogen (secondary N) is 1. The molecular formula is C16H14N4OS. The monoisotopic (exact) mass is 310 g/mol. The summed E-state index contributed by atoms with van der Waals surface area (Å²) >= 11 is 1.33. The summed E-state index contributed by atoms with van der Waals surface area (Å²) in [7, 11) is 0. The van der Waals surface area contributed by atoms with Gasteiger partial charge in [0.05, 0.1) is 15.4 Å². The van der Waals surface area contributed by atoms with E-state index < -0.39 is 5.91 Å². The van der Waals surface area contributed by atoms with Gasteiger partial charge in [-0.2, -0.15) is 0 Å². The summed E-state index contributed by atoms with van der Waals surface area (Å²) in [5.41, 5.74) is 7.19. The Bertz CT molecular complexity index is 828. The van der Waals surface area contributed by atoms with Crippen LogP contribution in [0, 0.1) is 6.92 Å². The smallest absolute Gasteiger partial charge is 0.258 e. The Morgan fingerprint density at radius 2 is 2.05 bits per heavy atom. The fourth-order valence-corrected chi connectivity index (χ4v) is 2.81. The molecule has 3 heterocycles. The maximum absolute atomic E-state index is 11.2. The van der Waals surface area contributed by atoms with Gasteiger partial charge in [-0.3, -0.25) is 4.79 Å². The minimum atomic E-state index is -0.422. The maximum atomic E-state index is 11.2. The zero-order valence-electron chi connectivity index (χ0n) is 11.9. The molecule has 22 heavy (non-hydrogen) atoms.